The first-order chi connectivity index (χ1) is 10.1. The molecule has 4 aliphatic carbocycles. The Morgan fingerprint density at radius 1 is 1.05 bits per heavy atom. The normalized spacial score (nSPS) is 44.4. The molecule has 1 N–H and O–H groups in total. The number of likely N-dealkylation sites (N-methyl/N-ethyl adjacent to an activating group) is 1. The minimum atomic E-state index is -0.112. The van der Waals surface area contributed by atoms with Crippen molar-refractivity contribution in [2.45, 2.75) is 63.5 Å². The van der Waals surface area contributed by atoms with E-state index < -0.39 is 0 Å². The molecular weight excluding hydrogens is 262 g/mol. The number of rotatable bonds is 4. The molecule has 3 heteroatoms. The summed E-state index contributed by atoms with van der Waals surface area (Å²) in [7, 11) is 2.21. The number of nitrogens with zero attached hydrogens (tertiary/aromatic N) is 1. The van der Waals surface area contributed by atoms with E-state index >= 15 is 0 Å². The summed E-state index contributed by atoms with van der Waals surface area (Å²) in [6.45, 7) is 2.65. The average Bonchev–Trinajstić information content (AvgIpc) is 2.46. The molecule has 0 aromatic carbocycles. The first kappa shape index (κ1) is 14.5. The zero-order valence-electron chi connectivity index (χ0n) is 13.5. The van der Waals surface area contributed by atoms with E-state index in [1.54, 1.807) is 0 Å². The molecule has 120 valence electrons. The highest BCUT2D eigenvalue weighted by molar-refractivity contribution is 5.04. The lowest BCUT2D eigenvalue weighted by Crippen LogP contribution is -2.55. The first-order valence-corrected chi connectivity index (χ1v) is 9.11. The summed E-state index contributed by atoms with van der Waals surface area (Å²) >= 11 is 0. The van der Waals surface area contributed by atoms with Crippen LogP contribution >= 0.6 is 0 Å². The number of hydrogen-bond donors (Lipinski definition) is 1. The quantitative estimate of drug-likeness (QED) is 0.865. The molecule has 5 rings (SSSR count). The molecule has 1 atom stereocenters. The van der Waals surface area contributed by atoms with Gasteiger partial charge in [-0.05, 0) is 81.6 Å². The van der Waals surface area contributed by atoms with Crippen LogP contribution in [0.25, 0.3) is 0 Å². The molecule has 1 saturated heterocycles. The van der Waals surface area contributed by atoms with Crippen molar-refractivity contribution >= 4 is 0 Å². The Hall–Kier alpha value is -0.120. The van der Waals surface area contributed by atoms with Crippen molar-refractivity contribution in [3.63, 3.8) is 0 Å². The van der Waals surface area contributed by atoms with Gasteiger partial charge in [0.15, 0.2) is 0 Å². The maximum Gasteiger partial charge on any atom is 0.0723 e. The Kier molecular flexibility index (Phi) is 3.79. The van der Waals surface area contributed by atoms with Gasteiger partial charge in [-0.25, -0.2) is 0 Å². The molecule has 5 fully saturated rings. The highest BCUT2D eigenvalue weighted by Crippen LogP contribution is 2.61. The molecule has 0 radical (unpaired) electrons. The summed E-state index contributed by atoms with van der Waals surface area (Å²) in [5.74, 6) is 2.79. The highest BCUT2D eigenvalue weighted by Gasteiger charge is 2.54. The van der Waals surface area contributed by atoms with Gasteiger partial charge in [0.25, 0.3) is 0 Å². The van der Waals surface area contributed by atoms with E-state index in [1.807, 2.05) is 0 Å². The van der Waals surface area contributed by atoms with Gasteiger partial charge in [0.2, 0.25) is 0 Å². The molecular formula is C18H31NO2. The third-order valence-corrected chi connectivity index (χ3v) is 7.07. The van der Waals surface area contributed by atoms with Gasteiger partial charge in [0.05, 0.1) is 6.10 Å². The molecule has 5 aliphatic rings. The second-order valence-electron chi connectivity index (χ2n) is 8.58. The Bertz CT molecular complexity index is 342. The van der Waals surface area contributed by atoms with Crippen LogP contribution in [0.3, 0.4) is 0 Å². The van der Waals surface area contributed by atoms with Crippen LogP contribution in [0, 0.1) is 23.2 Å². The molecule has 1 heterocycles. The van der Waals surface area contributed by atoms with E-state index in [1.165, 1.54) is 38.5 Å². The van der Waals surface area contributed by atoms with Crippen LogP contribution in [-0.2, 0) is 4.74 Å². The van der Waals surface area contributed by atoms with Gasteiger partial charge < -0.3 is 14.7 Å². The van der Waals surface area contributed by atoms with Gasteiger partial charge in [0, 0.05) is 25.8 Å². The molecule has 0 amide bonds. The number of aliphatic hydroxyl groups is 1. The largest absolute Gasteiger partial charge is 0.391 e. The third-order valence-electron chi connectivity index (χ3n) is 7.07. The van der Waals surface area contributed by atoms with Crippen molar-refractivity contribution in [3.05, 3.63) is 0 Å². The van der Waals surface area contributed by atoms with E-state index in [4.69, 9.17) is 4.74 Å². The van der Waals surface area contributed by atoms with Crippen LogP contribution < -0.4 is 0 Å². The number of hydrogen-bond acceptors (Lipinski definition) is 3. The Labute approximate surface area is 129 Å². The Balaban J connectivity index is 1.41. The molecule has 0 aromatic heterocycles. The van der Waals surface area contributed by atoms with Crippen LogP contribution in [0.15, 0.2) is 0 Å². The first-order valence-electron chi connectivity index (χ1n) is 9.11. The summed E-state index contributed by atoms with van der Waals surface area (Å²) in [6.07, 6.45) is 10.4. The van der Waals surface area contributed by atoms with Crippen molar-refractivity contribution in [1.82, 2.24) is 4.90 Å². The molecule has 4 bridgehead atoms. The van der Waals surface area contributed by atoms with Crippen LogP contribution in [0.1, 0.15) is 51.4 Å². The van der Waals surface area contributed by atoms with Crippen molar-refractivity contribution in [3.8, 4) is 0 Å². The van der Waals surface area contributed by atoms with Crippen LogP contribution in [0.2, 0.25) is 0 Å². The van der Waals surface area contributed by atoms with Gasteiger partial charge >= 0.3 is 0 Å². The fraction of sp³-hybridized carbons (Fsp3) is 1.00. The van der Waals surface area contributed by atoms with Gasteiger partial charge in [0.1, 0.15) is 0 Å². The van der Waals surface area contributed by atoms with Gasteiger partial charge in [-0.15, -0.1) is 0 Å². The van der Waals surface area contributed by atoms with Gasteiger partial charge in [-0.1, -0.05) is 0 Å². The Morgan fingerprint density at radius 3 is 2.10 bits per heavy atom. The standard InChI is InChI=1S/C18H31NO2/c1-19(16-2-4-21-5-3-16)12-17(20)18-9-13-6-14(10-18)8-15(7-13)11-18/h13-17,20H,2-12H2,1H3. The van der Waals surface area contributed by atoms with Crippen molar-refractivity contribution < 1.29 is 9.84 Å². The SMILES string of the molecule is CN(CC(O)C12CC3CC(CC(C3)C1)C2)C1CCOCC1. The predicted octanol–water partition coefficient (Wildman–Crippen LogP) is 2.67. The molecule has 0 spiro atoms. The number of aliphatic hydroxyl groups excluding tert-OH is 1. The summed E-state index contributed by atoms with van der Waals surface area (Å²) in [5, 5.41) is 11.0. The van der Waals surface area contributed by atoms with E-state index in [2.05, 4.69) is 11.9 Å². The van der Waals surface area contributed by atoms with E-state index in [0.29, 0.717) is 6.04 Å². The minimum absolute atomic E-state index is 0.112. The van der Waals surface area contributed by atoms with Crippen molar-refractivity contribution in [2.75, 3.05) is 26.8 Å². The topological polar surface area (TPSA) is 32.7 Å². The second-order valence-corrected chi connectivity index (χ2v) is 8.58. The van der Waals surface area contributed by atoms with E-state index in [-0.39, 0.29) is 11.5 Å². The van der Waals surface area contributed by atoms with E-state index in [9.17, 15) is 5.11 Å². The molecule has 1 unspecified atom stereocenters. The highest BCUT2D eigenvalue weighted by atomic mass is 16.5. The summed E-state index contributed by atoms with van der Waals surface area (Å²) < 4.78 is 5.47. The fourth-order valence-corrected chi connectivity index (χ4v) is 6.33. The zero-order valence-corrected chi connectivity index (χ0v) is 13.5. The summed E-state index contributed by atoms with van der Waals surface area (Å²) in [6, 6.07) is 0.613. The Morgan fingerprint density at radius 2 is 1.57 bits per heavy atom. The third kappa shape index (κ3) is 2.66. The molecule has 0 aromatic rings. The zero-order chi connectivity index (χ0) is 14.4. The number of ether oxygens (including phenoxy) is 1. The molecule has 21 heavy (non-hydrogen) atoms. The lowest BCUT2D eigenvalue weighted by molar-refractivity contribution is -0.129. The van der Waals surface area contributed by atoms with Crippen molar-refractivity contribution in [1.29, 1.82) is 0 Å². The molecule has 4 saturated carbocycles. The predicted molar refractivity (Wildman–Crippen MR) is 83.1 cm³/mol. The second kappa shape index (κ2) is 5.50. The summed E-state index contributed by atoms with van der Waals surface area (Å²) in [5.41, 5.74) is 0.272. The molecule has 1 aliphatic heterocycles. The lowest BCUT2D eigenvalue weighted by atomic mass is 9.48. The van der Waals surface area contributed by atoms with Crippen LogP contribution in [-0.4, -0.2) is 49.0 Å². The van der Waals surface area contributed by atoms with Gasteiger partial charge in [-0.2, -0.15) is 0 Å². The van der Waals surface area contributed by atoms with Gasteiger partial charge in [-0.3, -0.25) is 0 Å². The lowest BCUT2D eigenvalue weighted by Gasteiger charge is -2.58. The average molecular weight is 293 g/mol. The van der Waals surface area contributed by atoms with Crippen LogP contribution in [0.5, 0.6) is 0 Å². The minimum Gasteiger partial charge on any atom is -0.391 e. The monoisotopic (exact) mass is 293 g/mol. The maximum atomic E-state index is 11.0. The molecule has 3 nitrogen and oxygen atoms in total. The fourth-order valence-electron chi connectivity index (χ4n) is 6.33. The maximum absolute atomic E-state index is 11.0. The summed E-state index contributed by atoms with van der Waals surface area (Å²) in [4.78, 5) is 2.42. The van der Waals surface area contributed by atoms with Crippen molar-refractivity contribution in [2.24, 2.45) is 23.2 Å². The van der Waals surface area contributed by atoms with E-state index in [0.717, 1.165) is 50.4 Å². The smallest absolute Gasteiger partial charge is 0.0723 e. The van der Waals surface area contributed by atoms with Crippen LogP contribution in [0.4, 0.5) is 0 Å².